The van der Waals surface area contributed by atoms with Crippen LogP contribution in [0.3, 0.4) is 0 Å². The molecule has 0 radical (unpaired) electrons. The molecular weight excluding hydrogens is 448 g/mol. The van der Waals surface area contributed by atoms with Gasteiger partial charge < -0.3 is 24.6 Å². The summed E-state index contributed by atoms with van der Waals surface area (Å²) < 4.78 is 7.61. The van der Waals surface area contributed by atoms with E-state index in [2.05, 4.69) is 32.0 Å². The maximum atomic E-state index is 13.3. The highest BCUT2D eigenvalue weighted by atomic mass is 16.5. The smallest absolute Gasteiger partial charge is 0.260 e. The minimum atomic E-state index is -0.354. The van der Waals surface area contributed by atoms with Gasteiger partial charge in [-0.05, 0) is 55.2 Å². The number of ether oxygens (including phenoxy) is 1. The van der Waals surface area contributed by atoms with Crippen molar-refractivity contribution in [2.24, 2.45) is 0 Å². The van der Waals surface area contributed by atoms with Crippen LogP contribution >= 0.6 is 0 Å². The molecule has 35 heavy (non-hydrogen) atoms. The van der Waals surface area contributed by atoms with E-state index in [1.807, 2.05) is 18.2 Å². The standard InChI is InChI=1S/C25H28N6O4/c1-15-6-7-22-28-29-24(31(15)22)19-4-3-5-21(26-19)27-25(34)18-12-17-14-30(23(33)9-11-32)10-8-16(17)13-20(18)35-2/h3-5,12-13,15,32H,6-11,14H2,1-2H3,(H,26,27,34)/t15-/m0/s1. The Labute approximate surface area is 203 Å². The number of rotatable bonds is 6. The first-order chi connectivity index (χ1) is 17.0. The van der Waals surface area contributed by atoms with Crippen LogP contribution in [-0.2, 0) is 24.2 Å². The molecule has 4 heterocycles. The Morgan fingerprint density at radius 1 is 1.20 bits per heavy atom. The van der Waals surface area contributed by atoms with Crippen molar-refractivity contribution >= 4 is 17.6 Å². The van der Waals surface area contributed by atoms with Crippen molar-refractivity contribution in [3.8, 4) is 17.3 Å². The summed E-state index contributed by atoms with van der Waals surface area (Å²) in [5, 5.41) is 20.6. The molecule has 2 N–H and O–H groups in total. The second-order valence-corrected chi connectivity index (χ2v) is 8.92. The summed E-state index contributed by atoms with van der Waals surface area (Å²) in [7, 11) is 1.53. The minimum Gasteiger partial charge on any atom is -0.496 e. The Hall–Kier alpha value is -3.79. The van der Waals surface area contributed by atoms with Gasteiger partial charge in [-0.15, -0.1) is 10.2 Å². The molecular formula is C25H28N6O4. The average Bonchev–Trinajstić information content (AvgIpc) is 3.46. The molecule has 2 amide bonds. The lowest BCUT2D eigenvalue weighted by Crippen LogP contribution is -2.36. The first-order valence-electron chi connectivity index (χ1n) is 11.8. The van der Waals surface area contributed by atoms with Gasteiger partial charge in [0.1, 0.15) is 23.1 Å². The molecule has 1 atom stereocenters. The van der Waals surface area contributed by atoms with E-state index in [0.717, 1.165) is 29.8 Å². The molecule has 0 saturated heterocycles. The number of aliphatic hydroxyl groups excluding tert-OH is 1. The van der Waals surface area contributed by atoms with Gasteiger partial charge in [0.05, 0.1) is 19.3 Å². The molecule has 2 aliphatic rings. The third-order valence-corrected chi connectivity index (χ3v) is 6.67. The van der Waals surface area contributed by atoms with Crippen LogP contribution in [0.4, 0.5) is 5.82 Å². The van der Waals surface area contributed by atoms with Crippen LogP contribution in [-0.4, -0.2) is 61.8 Å². The highest BCUT2D eigenvalue weighted by Crippen LogP contribution is 2.31. The number of aliphatic hydroxyl groups is 1. The molecule has 1 aromatic carbocycles. The van der Waals surface area contributed by atoms with E-state index in [1.165, 1.54) is 7.11 Å². The number of benzene rings is 1. The number of methoxy groups -OCH3 is 1. The number of nitrogens with zero attached hydrogens (tertiary/aromatic N) is 5. The third kappa shape index (κ3) is 4.37. The lowest BCUT2D eigenvalue weighted by atomic mass is 9.96. The first-order valence-corrected chi connectivity index (χ1v) is 11.8. The zero-order valence-corrected chi connectivity index (χ0v) is 19.8. The van der Waals surface area contributed by atoms with Gasteiger partial charge in [0.2, 0.25) is 5.91 Å². The van der Waals surface area contributed by atoms with Crippen LogP contribution in [0.15, 0.2) is 30.3 Å². The molecule has 0 saturated carbocycles. The number of aromatic nitrogens is 4. The molecule has 10 heteroatoms. The van der Waals surface area contributed by atoms with Crippen molar-refractivity contribution in [1.29, 1.82) is 0 Å². The summed E-state index contributed by atoms with van der Waals surface area (Å²) in [6.07, 6.45) is 2.67. The van der Waals surface area contributed by atoms with Crippen LogP contribution in [0.1, 0.15) is 53.1 Å². The molecule has 0 unspecified atom stereocenters. The number of pyridine rings is 1. The zero-order valence-electron chi connectivity index (χ0n) is 19.8. The van der Waals surface area contributed by atoms with E-state index in [-0.39, 0.29) is 24.8 Å². The molecule has 0 spiro atoms. The summed E-state index contributed by atoms with van der Waals surface area (Å²) in [4.78, 5) is 31.8. The number of carbonyl (C=O) groups is 2. The van der Waals surface area contributed by atoms with Crippen molar-refractivity contribution in [2.45, 2.75) is 45.2 Å². The Morgan fingerprint density at radius 2 is 2.06 bits per heavy atom. The molecule has 5 rings (SSSR count). The lowest BCUT2D eigenvalue weighted by Gasteiger charge is -2.29. The Kier molecular flexibility index (Phi) is 6.21. The lowest BCUT2D eigenvalue weighted by molar-refractivity contribution is -0.132. The highest BCUT2D eigenvalue weighted by Gasteiger charge is 2.26. The third-order valence-electron chi connectivity index (χ3n) is 6.67. The summed E-state index contributed by atoms with van der Waals surface area (Å²) in [6.45, 7) is 2.92. The fourth-order valence-electron chi connectivity index (χ4n) is 4.81. The van der Waals surface area contributed by atoms with Crippen molar-refractivity contribution in [1.82, 2.24) is 24.6 Å². The predicted octanol–water partition coefficient (Wildman–Crippen LogP) is 2.38. The van der Waals surface area contributed by atoms with Gasteiger partial charge in [-0.2, -0.15) is 0 Å². The number of amides is 2. The van der Waals surface area contributed by atoms with Gasteiger partial charge in [-0.25, -0.2) is 4.98 Å². The summed E-state index contributed by atoms with van der Waals surface area (Å²) in [6, 6.07) is 9.36. The fourth-order valence-corrected chi connectivity index (χ4v) is 4.81. The van der Waals surface area contributed by atoms with E-state index in [4.69, 9.17) is 9.84 Å². The second kappa shape index (κ2) is 9.46. The first kappa shape index (κ1) is 23.0. The van der Waals surface area contributed by atoms with E-state index >= 15 is 0 Å². The van der Waals surface area contributed by atoms with Crippen molar-refractivity contribution in [2.75, 3.05) is 25.6 Å². The SMILES string of the molecule is COc1cc2c(cc1C(=O)Nc1cccc(-c3nnc4n3[C@@H](C)CC4)n1)CN(C(=O)CCO)CC2. The highest BCUT2D eigenvalue weighted by molar-refractivity contribution is 6.06. The van der Waals surface area contributed by atoms with Crippen LogP contribution in [0, 0.1) is 0 Å². The zero-order chi connectivity index (χ0) is 24.5. The van der Waals surface area contributed by atoms with Gasteiger partial charge >= 0.3 is 0 Å². The molecule has 0 fully saturated rings. The van der Waals surface area contributed by atoms with Gasteiger partial charge in [-0.3, -0.25) is 9.59 Å². The molecule has 2 aliphatic heterocycles. The van der Waals surface area contributed by atoms with E-state index in [1.54, 1.807) is 17.0 Å². The van der Waals surface area contributed by atoms with Gasteiger partial charge in [-0.1, -0.05) is 6.07 Å². The fraction of sp³-hybridized carbons (Fsp3) is 0.400. The number of fused-ring (bicyclic) bond motifs is 2. The number of aryl methyl sites for hydroxylation is 1. The van der Waals surface area contributed by atoms with Crippen LogP contribution in [0.25, 0.3) is 11.5 Å². The maximum absolute atomic E-state index is 13.3. The van der Waals surface area contributed by atoms with Crippen molar-refractivity contribution in [3.63, 3.8) is 0 Å². The Morgan fingerprint density at radius 3 is 2.86 bits per heavy atom. The van der Waals surface area contributed by atoms with Crippen LogP contribution in [0.2, 0.25) is 0 Å². The van der Waals surface area contributed by atoms with Crippen molar-refractivity contribution in [3.05, 3.63) is 52.8 Å². The topological polar surface area (TPSA) is 122 Å². The maximum Gasteiger partial charge on any atom is 0.260 e. The minimum absolute atomic E-state index is 0.0921. The quantitative estimate of drug-likeness (QED) is 0.560. The second-order valence-electron chi connectivity index (χ2n) is 8.92. The Bertz CT molecular complexity index is 1290. The molecule has 10 nitrogen and oxygen atoms in total. The largest absolute Gasteiger partial charge is 0.496 e. The summed E-state index contributed by atoms with van der Waals surface area (Å²) >= 11 is 0. The number of hydrogen-bond acceptors (Lipinski definition) is 7. The van der Waals surface area contributed by atoms with Crippen LogP contribution < -0.4 is 10.1 Å². The van der Waals surface area contributed by atoms with Crippen molar-refractivity contribution < 1.29 is 19.4 Å². The number of carbonyl (C=O) groups excluding carboxylic acids is 2. The normalized spacial score (nSPS) is 16.5. The van der Waals surface area contributed by atoms with Gasteiger partial charge in [0.15, 0.2) is 5.82 Å². The van der Waals surface area contributed by atoms with Crippen LogP contribution in [0.5, 0.6) is 5.75 Å². The summed E-state index contributed by atoms with van der Waals surface area (Å²) in [5.74, 6) is 2.06. The monoisotopic (exact) mass is 476 g/mol. The predicted molar refractivity (Wildman–Crippen MR) is 128 cm³/mol. The Balaban J connectivity index is 1.39. The average molecular weight is 477 g/mol. The molecule has 0 bridgehead atoms. The number of hydrogen-bond donors (Lipinski definition) is 2. The van der Waals surface area contributed by atoms with E-state index in [9.17, 15) is 9.59 Å². The molecule has 2 aromatic heterocycles. The summed E-state index contributed by atoms with van der Waals surface area (Å²) in [5.41, 5.74) is 2.95. The number of nitrogens with one attached hydrogen (secondary N) is 1. The van der Waals surface area contributed by atoms with Gasteiger partial charge in [0.25, 0.3) is 5.91 Å². The molecule has 0 aliphatic carbocycles. The molecule has 182 valence electrons. The van der Waals surface area contributed by atoms with E-state index < -0.39 is 0 Å². The number of anilines is 1. The van der Waals surface area contributed by atoms with Gasteiger partial charge in [0, 0.05) is 32.0 Å². The molecule has 3 aromatic rings. The van der Waals surface area contributed by atoms with E-state index in [0.29, 0.717) is 54.2 Å².